The molecule has 16 heteroatoms. The average molecular weight is 687 g/mol. The molecule has 0 unspecified atom stereocenters. The van der Waals surface area contributed by atoms with Gasteiger partial charge >= 0.3 is 5.97 Å². The number of ether oxygens (including phenoxy) is 5. The largest absolute Gasteiger partial charge is 0.508 e. The first kappa shape index (κ1) is 40.1. The van der Waals surface area contributed by atoms with Gasteiger partial charge in [-0.25, -0.2) is 13.2 Å². The van der Waals surface area contributed by atoms with Gasteiger partial charge in [0.2, 0.25) is 17.5 Å². The van der Waals surface area contributed by atoms with Crippen molar-refractivity contribution >= 4 is 29.5 Å². The lowest BCUT2D eigenvalue weighted by Gasteiger charge is -2.10. The molecule has 2 rings (SSSR count). The Labute approximate surface area is 276 Å². The van der Waals surface area contributed by atoms with E-state index in [4.69, 9.17) is 24.8 Å². The second-order valence-electron chi connectivity index (χ2n) is 10.2. The molecule has 48 heavy (non-hydrogen) atoms. The van der Waals surface area contributed by atoms with Crippen molar-refractivity contribution in [1.82, 2.24) is 0 Å². The summed E-state index contributed by atoms with van der Waals surface area (Å²) in [5, 5.41) is 15.8. The van der Waals surface area contributed by atoms with Crippen LogP contribution >= 0.6 is 0 Å². The molecular formula is C32H42F4N4O8. The quantitative estimate of drug-likeness (QED) is 0.0137. The molecule has 0 spiro atoms. The second kappa shape index (κ2) is 23.2. The fourth-order valence-corrected chi connectivity index (χ4v) is 3.88. The number of hydrogen-bond donors (Lipinski definition) is 3. The van der Waals surface area contributed by atoms with Crippen molar-refractivity contribution in [3.63, 3.8) is 0 Å². The number of unbranched alkanes of at least 4 members (excludes halogenated alkanes) is 2. The molecule has 1 amide bonds. The standard InChI is InChI=1S/C32H42F4N4O8/c1-22-28(33)30(35)31(36)32(29(22)34)48-27(43)11-13-44-15-17-46-19-20-47-18-16-45-14-12-38-21-24(40-37)5-3-2-4-6-26(42)39-23-7-9-25(41)10-8-23/h7-10,21,41H,2-6,11-20,37H2,1H3,(H,39,42). The number of phenolic OH excluding ortho intramolecular Hbond substituents is 1. The molecule has 0 aliphatic carbocycles. The van der Waals surface area contributed by atoms with Gasteiger partial charge in [0.25, 0.3) is 0 Å². The summed E-state index contributed by atoms with van der Waals surface area (Å²) in [6.45, 7) is 3.22. The Hall–Kier alpha value is -4.12. The van der Waals surface area contributed by atoms with E-state index in [0.29, 0.717) is 57.2 Å². The maximum atomic E-state index is 13.9. The number of hydrogen-bond acceptors (Lipinski definition) is 11. The van der Waals surface area contributed by atoms with E-state index in [0.717, 1.165) is 26.2 Å². The van der Waals surface area contributed by atoms with Gasteiger partial charge in [0.1, 0.15) is 5.75 Å². The summed E-state index contributed by atoms with van der Waals surface area (Å²) in [6, 6.07) is 6.29. The van der Waals surface area contributed by atoms with E-state index in [1.165, 1.54) is 12.1 Å². The van der Waals surface area contributed by atoms with Crippen molar-refractivity contribution in [1.29, 1.82) is 0 Å². The number of aromatic hydroxyl groups is 1. The molecule has 0 atom stereocenters. The van der Waals surface area contributed by atoms with Gasteiger partial charge in [-0.1, -0.05) is 6.42 Å². The first-order valence-electron chi connectivity index (χ1n) is 15.3. The van der Waals surface area contributed by atoms with Crippen LogP contribution in [-0.2, 0) is 28.5 Å². The molecule has 0 aliphatic rings. The minimum Gasteiger partial charge on any atom is -0.508 e. The molecule has 2 aromatic rings. The molecule has 0 aliphatic heterocycles. The van der Waals surface area contributed by atoms with Crippen LogP contribution in [0.2, 0.25) is 0 Å². The highest BCUT2D eigenvalue weighted by atomic mass is 19.2. The topological polar surface area (TPSA) is 163 Å². The van der Waals surface area contributed by atoms with Gasteiger partial charge in [-0.15, -0.1) is 0 Å². The molecule has 0 radical (unpaired) electrons. The number of rotatable bonds is 24. The van der Waals surface area contributed by atoms with E-state index in [-0.39, 0.29) is 44.5 Å². The monoisotopic (exact) mass is 686 g/mol. The number of phenols is 1. The van der Waals surface area contributed by atoms with Gasteiger partial charge in [0.05, 0.1) is 71.5 Å². The number of hydrazone groups is 1. The third-order valence-corrected chi connectivity index (χ3v) is 6.48. The van der Waals surface area contributed by atoms with Crippen LogP contribution in [0.15, 0.2) is 34.4 Å². The highest BCUT2D eigenvalue weighted by Gasteiger charge is 2.26. The second-order valence-corrected chi connectivity index (χ2v) is 10.2. The van der Waals surface area contributed by atoms with E-state index in [2.05, 4.69) is 20.1 Å². The fourth-order valence-electron chi connectivity index (χ4n) is 3.88. The van der Waals surface area contributed by atoms with Crippen LogP contribution in [0.1, 0.15) is 44.1 Å². The molecule has 4 N–H and O–H groups in total. The normalized spacial score (nSPS) is 11.7. The van der Waals surface area contributed by atoms with Crippen LogP contribution in [0.4, 0.5) is 23.2 Å². The van der Waals surface area contributed by atoms with Gasteiger partial charge in [-0.2, -0.15) is 9.49 Å². The van der Waals surface area contributed by atoms with Gasteiger partial charge < -0.3 is 40.0 Å². The third kappa shape index (κ3) is 15.6. The summed E-state index contributed by atoms with van der Waals surface area (Å²) >= 11 is 0. The summed E-state index contributed by atoms with van der Waals surface area (Å²) in [6.07, 6.45) is 4.63. The average Bonchev–Trinajstić information content (AvgIpc) is 3.08. The maximum Gasteiger partial charge on any atom is 0.313 e. The van der Waals surface area contributed by atoms with Gasteiger partial charge in [0, 0.05) is 23.9 Å². The molecule has 0 saturated carbocycles. The van der Waals surface area contributed by atoms with Crippen LogP contribution < -0.4 is 15.9 Å². The Balaban J connectivity index is 1.38. The SMILES string of the molecule is Cc1c(F)c(F)c(F)c(OC(=O)CCOCCOCCOCCOCCN=CC(CCCCCC(=O)Nc2ccc(O)cc2)=NN)c1F. The van der Waals surface area contributed by atoms with Crippen LogP contribution in [0.3, 0.4) is 0 Å². The van der Waals surface area contributed by atoms with Crippen LogP contribution in [0.5, 0.6) is 11.5 Å². The predicted octanol–water partition coefficient (Wildman–Crippen LogP) is 4.59. The number of esters is 1. The number of anilines is 1. The number of benzene rings is 2. The molecule has 0 bridgehead atoms. The van der Waals surface area contributed by atoms with Crippen molar-refractivity contribution in [2.24, 2.45) is 15.9 Å². The lowest BCUT2D eigenvalue weighted by molar-refractivity contribution is -0.136. The summed E-state index contributed by atoms with van der Waals surface area (Å²) in [7, 11) is 0. The van der Waals surface area contributed by atoms with Gasteiger partial charge in [0.15, 0.2) is 17.5 Å². The minimum atomic E-state index is -1.93. The van der Waals surface area contributed by atoms with Crippen molar-refractivity contribution in [2.75, 3.05) is 64.7 Å². The molecule has 2 aromatic carbocycles. The maximum absolute atomic E-state index is 13.9. The highest BCUT2D eigenvalue weighted by Crippen LogP contribution is 2.29. The van der Waals surface area contributed by atoms with Crippen LogP contribution in [0.25, 0.3) is 0 Å². The number of nitrogens with one attached hydrogen (secondary N) is 1. The lowest BCUT2D eigenvalue weighted by Crippen LogP contribution is -2.16. The van der Waals surface area contributed by atoms with Gasteiger partial charge in [-0.3, -0.25) is 14.6 Å². The first-order valence-corrected chi connectivity index (χ1v) is 15.3. The van der Waals surface area contributed by atoms with E-state index in [1.807, 2.05) is 0 Å². The first-order chi connectivity index (χ1) is 23.1. The van der Waals surface area contributed by atoms with Crippen molar-refractivity contribution < 1.29 is 55.9 Å². The molecule has 0 fully saturated rings. The Morgan fingerprint density at radius 2 is 1.35 bits per heavy atom. The molecule has 266 valence electrons. The molecule has 0 aromatic heterocycles. The van der Waals surface area contributed by atoms with E-state index in [1.54, 1.807) is 18.3 Å². The minimum absolute atomic E-state index is 0.0868. The number of carbonyl (C=O) groups excluding carboxylic acids is 2. The summed E-state index contributed by atoms with van der Waals surface area (Å²) in [4.78, 5) is 28.0. The molecule has 0 saturated heterocycles. The number of carbonyl (C=O) groups is 2. The molecule has 0 heterocycles. The Morgan fingerprint density at radius 3 is 1.98 bits per heavy atom. The van der Waals surface area contributed by atoms with E-state index < -0.39 is 40.6 Å². The van der Waals surface area contributed by atoms with Crippen LogP contribution in [-0.4, -0.2) is 88.3 Å². The number of nitrogens with two attached hydrogens (primary N) is 1. The molecule has 12 nitrogen and oxygen atoms in total. The number of aliphatic imine (C=N–C) groups is 1. The zero-order valence-corrected chi connectivity index (χ0v) is 26.8. The van der Waals surface area contributed by atoms with Gasteiger partial charge in [-0.05, 0) is 50.5 Å². The zero-order chi connectivity index (χ0) is 35.1. The summed E-state index contributed by atoms with van der Waals surface area (Å²) in [5.74, 6) is -3.90. The van der Waals surface area contributed by atoms with Crippen LogP contribution in [0, 0.1) is 30.2 Å². The third-order valence-electron chi connectivity index (χ3n) is 6.48. The lowest BCUT2D eigenvalue weighted by atomic mass is 10.1. The Morgan fingerprint density at radius 1 is 0.771 bits per heavy atom. The summed E-state index contributed by atoms with van der Waals surface area (Å²) < 4.78 is 80.3. The summed E-state index contributed by atoms with van der Waals surface area (Å²) in [5.41, 5.74) is 0.491. The number of nitrogens with zero attached hydrogens (tertiary/aromatic N) is 2. The predicted molar refractivity (Wildman–Crippen MR) is 169 cm³/mol. The van der Waals surface area contributed by atoms with Crippen molar-refractivity contribution in [3.8, 4) is 11.5 Å². The zero-order valence-electron chi connectivity index (χ0n) is 26.8. The van der Waals surface area contributed by atoms with Crippen molar-refractivity contribution in [3.05, 3.63) is 53.1 Å². The highest BCUT2D eigenvalue weighted by molar-refractivity contribution is 6.30. The molecular weight excluding hydrogens is 644 g/mol. The fraction of sp³-hybridized carbons (Fsp3) is 0.500. The van der Waals surface area contributed by atoms with E-state index in [9.17, 15) is 32.3 Å². The Kier molecular flexibility index (Phi) is 19.4. The number of halogens is 4. The number of amides is 1. The smallest absolute Gasteiger partial charge is 0.313 e. The Bertz CT molecular complexity index is 1320. The van der Waals surface area contributed by atoms with Crippen molar-refractivity contribution in [2.45, 2.75) is 45.4 Å². The van der Waals surface area contributed by atoms with E-state index >= 15 is 0 Å².